The van der Waals surface area contributed by atoms with Crippen LogP contribution in [0.4, 0.5) is 5.69 Å². The minimum absolute atomic E-state index is 0.184. The average Bonchev–Trinajstić information content (AvgIpc) is 3.00. The summed E-state index contributed by atoms with van der Waals surface area (Å²) < 4.78 is 9.81. The van der Waals surface area contributed by atoms with Crippen molar-refractivity contribution in [3.05, 3.63) is 40.6 Å². The van der Waals surface area contributed by atoms with Crippen LogP contribution in [0.3, 0.4) is 0 Å². The van der Waals surface area contributed by atoms with E-state index in [2.05, 4.69) is 10.1 Å². The zero-order valence-corrected chi connectivity index (χ0v) is 13.8. The highest BCUT2D eigenvalue weighted by Gasteiger charge is 2.15. The van der Waals surface area contributed by atoms with Gasteiger partial charge in [0, 0.05) is 4.90 Å². The number of methoxy groups -OCH3 is 2. The van der Waals surface area contributed by atoms with Crippen molar-refractivity contribution >= 4 is 40.7 Å². The second-order valence-electron chi connectivity index (χ2n) is 4.17. The van der Waals surface area contributed by atoms with Crippen LogP contribution in [0.5, 0.6) is 5.75 Å². The smallest absolute Gasteiger partial charge is 0.350 e. The van der Waals surface area contributed by atoms with Crippen LogP contribution in [0.1, 0.15) is 9.67 Å². The third-order valence-electron chi connectivity index (χ3n) is 2.72. The van der Waals surface area contributed by atoms with Crippen LogP contribution in [-0.2, 0) is 9.53 Å². The number of hydrogen-bond acceptors (Lipinski definition) is 6. The molecule has 0 bridgehead atoms. The van der Waals surface area contributed by atoms with E-state index < -0.39 is 5.97 Å². The van der Waals surface area contributed by atoms with E-state index in [1.54, 1.807) is 18.6 Å². The first-order chi connectivity index (χ1) is 10.6. The molecule has 0 saturated carbocycles. The Labute approximate surface area is 136 Å². The van der Waals surface area contributed by atoms with Gasteiger partial charge in [0.05, 0.1) is 25.7 Å². The molecule has 0 unspecified atom stereocenters. The van der Waals surface area contributed by atoms with E-state index in [1.807, 2.05) is 24.3 Å². The summed E-state index contributed by atoms with van der Waals surface area (Å²) in [5, 5.41) is 4.46. The minimum atomic E-state index is -0.453. The van der Waals surface area contributed by atoms with Gasteiger partial charge in [-0.1, -0.05) is 6.07 Å². The molecule has 0 radical (unpaired) electrons. The molecular formula is C15H15NO4S2. The van der Waals surface area contributed by atoms with Gasteiger partial charge in [0.2, 0.25) is 5.91 Å². The number of benzene rings is 1. The Bertz CT molecular complexity index is 669. The predicted molar refractivity (Wildman–Crippen MR) is 88.0 cm³/mol. The van der Waals surface area contributed by atoms with E-state index in [9.17, 15) is 9.59 Å². The van der Waals surface area contributed by atoms with Crippen molar-refractivity contribution in [1.82, 2.24) is 0 Å². The molecule has 1 aromatic heterocycles. The van der Waals surface area contributed by atoms with Gasteiger partial charge in [-0.15, -0.1) is 23.1 Å². The SMILES string of the molecule is COC(=O)c1sccc1NC(=O)CSc1cccc(OC)c1. The first-order valence-corrected chi connectivity index (χ1v) is 8.23. The van der Waals surface area contributed by atoms with E-state index in [-0.39, 0.29) is 11.7 Å². The Morgan fingerprint density at radius 3 is 2.82 bits per heavy atom. The van der Waals surface area contributed by atoms with Crippen molar-refractivity contribution in [2.75, 3.05) is 25.3 Å². The summed E-state index contributed by atoms with van der Waals surface area (Å²) >= 11 is 2.63. The highest BCUT2D eigenvalue weighted by atomic mass is 32.2. The van der Waals surface area contributed by atoms with Gasteiger partial charge >= 0.3 is 5.97 Å². The molecule has 5 nitrogen and oxygen atoms in total. The van der Waals surface area contributed by atoms with E-state index in [4.69, 9.17) is 4.74 Å². The van der Waals surface area contributed by atoms with Crippen LogP contribution in [0.2, 0.25) is 0 Å². The lowest BCUT2D eigenvalue weighted by Crippen LogP contribution is -2.15. The monoisotopic (exact) mass is 337 g/mol. The molecule has 0 atom stereocenters. The fourth-order valence-corrected chi connectivity index (χ4v) is 3.19. The average molecular weight is 337 g/mol. The van der Waals surface area contributed by atoms with Crippen molar-refractivity contribution in [1.29, 1.82) is 0 Å². The molecule has 0 aliphatic heterocycles. The van der Waals surface area contributed by atoms with Crippen molar-refractivity contribution in [2.24, 2.45) is 0 Å². The van der Waals surface area contributed by atoms with Gasteiger partial charge in [0.25, 0.3) is 0 Å². The number of nitrogens with one attached hydrogen (secondary N) is 1. The van der Waals surface area contributed by atoms with Gasteiger partial charge in [-0.05, 0) is 29.6 Å². The summed E-state index contributed by atoms with van der Waals surface area (Å²) in [7, 11) is 2.91. The van der Waals surface area contributed by atoms with Crippen molar-refractivity contribution in [2.45, 2.75) is 4.90 Å². The summed E-state index contributed by atoms with van der Waals surface area (Å²) in [6.45, 7) is 0. The van der Waals surface area contributed by atoms with Gasteiger partial charge < -0.3 is 14.8 Å². The van der Waals surface area contributed by atoms with Crippen LogP contribution >= 0.6 is 23.1 Å². The topological polar surface area (TPSA) is 64.6 Å². The first kappa shape index (κ1) is 16.4. The molecule has 0 spiro atoms. The third-order valence-corrected chi connectivity index (χ3v) is 4.61. The van der Waals surface area contributed by atoms with Crippen LogP contribution in [0.15, 0.2) is 40.6 Å². The first-order valence-electron chi connectivity index (χ1n) is 6.36. The molecule has 0 aliphatic rings. The maximum Gasteiger partial charge on any atom is 0.350 e. The summed E-state index contributed by atoms with van der Waals surface area (Å²) in [6, 6.07) is 9.17. The summed E-state index contributed by atoms with van der Waals surface area (Å²) in [6.07, 6.45) is 0. The molecule has 2 aromatic rings. The normalized spacial score (nSPS) is 10.1. The van der Waals surface area contributed by atoms with Crippen molar-refractivity contribution in [3.63, 3.8) is 0 Å². The Morgan fingerprint density at radius 1 is 1.27 bits per heavy atom. The molecule has 1 heterocycles. The summed E-state index contributed by atoms with van der Waals surface area (Å²) in [5.74, 6) is 0.349. The number of esters is 1. The van der Waals surface area contributed by atoms with Crippen LogP contribution in [-0.4, -0.2) is 31.8 Å². The Hall–Kier alpha value is -1.99. The number of carbonyl (C=O) groups excluding carboxylic acids is 2. The Balaban J connectivity index is 1.93. The second-order valence-corrected chi connectivity index (χ2v) is 6.14. The molecule has 0 fully saturated rings. The summed E-state index contributed by atoms with van der Waals surface area (Å²) in [5.41, 5.74) is 0.480. The number of hydrogen-bond donors (Lipinski definition) is 1. The van der Waals surface area contributed by atoms with Crippen molar-refractivity contribution in [3.8, 4) is 5.75 Å². The van der Waals surface area contributed by atoms with E-state index in [0.29, 0.717) is 10.6 Å². The van der Waals surface area contributed by atoms with Gasteiger partial charge in [-0.2, -0.15) is 0 Å². The van der Waals surface area contributed by atoms with Gasteiger partial charge in [0.15, 0.2) is 0 Å². The van der Waals surface area contributed by atoms with E-state index in [0.717, 1.165) is 10.6 Å². The number of rotatable bonds is 6. The van der Waals surface area contributed by atoms with Gasteiger partial charge in [-0.25, -0.2) is 4.79 Å². The molecule has 2 rings (SSSR count). The summed E-state index contributed by atoms with van der Waals surface area (Å²) in [4.78, 5) is 24.9. The maximum atomic E-state index is 12.0. The second kappa shape index (κ2) is 7.86. The number of thiophene rings is 1. The Morgan fingerprint density at radius 2 is 2.09 bits per heavy atom. The molecular weight excluding hydrogens is 322 g/mol. The van der Waals surface area contributed by atoms with Gasteiger partial charge in [-0.3, -0.25) is 4.79 Å². The van der Waals surface area contributed by atoms with E-state index >= 15 is 0 Å². The molecule has 22 heavy (non-hydrogen) atoms. The standard InChI is InChI=1S/C15H15NO4S2/c1-19-10-4-3-5-11(8-10)22-9-13(17)16-12-6-7-21-14(12)15(18)20-2/h3-8H,9H2,1-2H3,(H,16,17). The lowest BCUT2D eigenvalue weighted by molar-refractivity contribution is -0.113. The number of thioether (sulfide) groups is 1. The predicted octanol–water partition coefficient (Wildman–Crippen LogP) is 3.27. The fourth-order valence-electron chi connectivity index (χ4n) is 1.68. The highest BCUT2D eigenvalue weighted by Crippen LogP contribution is 2.25. The van der Waals surface area contributed by atoms with Gasteiger partial charge in [0.1, 0.15) is 10.6 Å². The number of carbonyl (C=O) groups is 2. The zero-order chi connectivity index (χ0) is 15.9. The number of ether oxygens (including phenoxy) is 2. The fraction of sp³-hybridized carbons (Fsp3) is 0.200. The molecule has 7 heteroatoms. The Kier molecular flexibility index (Phi) is 5.85. The van der Waals surface area contributed by atoms with E-state index in [1.165, 1.54) is 30.2 Å². The van der Waals surface area contributed by atoms with Crippen LogP contribution in [0, 0.1) is 0 Å². The number of anilines is 1. The largest absolute Gasteiger partial charge is 0.497 e. The molecule has 1 aromatic carbocycles. The maximum absolute atomic E-state index is 12.0. The lowest BCUT2D eigenvalue weighted by atomic mass is 10.3. The molecule has 116 valence electrons. The molecule has 1 N–H and O–H groups in total. The number of amides is 1. The minimum Gasteiger partial charge on any atom is -0.497 e. The molecule has 1 amide bonds. The lowest BCUT2D eigenvalue weighted by Gasteiger charge is -2.06. The van der Waals surface area contributed by atoms with Crippen LogP contribution < -0.4 is 10.1 Å². The quantitative estimate of drug-likeness (QED) is 0.647. The molecule has 0 aliphatic carbocycles. The zero-order valence-electron chi connectivity index (χ0n) is 12.1. The van der Waals surface area contributed by atoms with Crippen molar-refractivity contribution < 1.29 is 19.1 Å². The van der Waals surface area contributed by atoms with Crippen LogP contribution in [0.25, 0.3) is 0 Å². The highest BCUT2D eigenvalue weighted by molar-refractivity contribution is 8.00. The molecule has 0 saturated heterocycles. The third kappa shape index (κ3) is 4.25.